The van der Waals surface area contributed by atoms with E-state index in [9.17, 15) is 14.9 Å². The number of carbonyl (C=O) groups excluding carboxylic acids is 1. The van der Waals surface area contributed by atoms with Gasteiger partial charge in [0, 0.05) is 30.3 Å². The zero-order chi connectivity index (χ0) is 16.7. The summed E-state index contributed by atoms with van der Waals surface area (Å²) in [5.41, 5.74) is 1.15. The molecule has 0 aliphatic carbocycles. The minimum atomic E-state index is -0.384. The Balaban J connectivity index is 2.11. The van der Waals surface area contributed by atoms with E-state index in [4.69, 9.17) is 4.74 Å². The van der Waals surface area contributed by atoms with Crippen LogP contribution in [-0.2, 0) is 11.2 Å². The third-order valence-corrected chi connectivity index (χ3v) is 4.13. The van der Waals surface area contributed by atoms with Crippen molar-refractivity contribution in [2.75, 3.05) is 26.3 Å². The SMILES string of the molecule is CCCCCCc1ccc(C(=O)N2CCOCC2)cc1[N+](=O)[O-]. The van der Waals surface area contributed by atoms with Crippen molar-refractivity contribution in [1.29, 1.82) is 0 Å². The van der Waals surface area contributed by atoms with Crippen molar-refractivity contribution in [2.24, 2.45) is 0 Å². The van der Waals surface area contributed by atoms with Gasteiger partial charge in [0.2, 0.25) is 0 Å². The molecule has 1 saturated heterocycles. The van der Waals surface area contributed by atoms with Gasteiger partial charge in [-0.25, -0.2) is 0 Å². The molecule has 0 aromatic heterocycles. The Hall–Kier alpha value is -1.95. The van der Waals surface area contributed by atoms with Crippen LogP contribution in [0.4, 0.5) is 5.69 Å². The van der Waals surface area contributed by atoms with Crippen LogP contribution in [0.2, 0.25) is 0 Å². The number of aryl methyl sites for hydroxylation is 1. The maximum absolute atomic E-state index is 12.4. The van der Waals surface area contributed by atoms with Crippen molar-refractivity contribution >= 4 is 11.6 Å². The summed E-state index contributed by atoms with van der Waals surface area (Å²) in [6.45, 7) is 4.23. The van der Waals surface area contributed by atoms with E-state index in [1.54, 1.807) is 17.0 Å². The normalized spacial score (nSPS) is 14.7. The summed E-state index contributed by atoms with van der Waals surface area (Å²) in [6.07, 6.45) is 4.96. The molecule has 0 atom stereocenters. The molecule has 0 N–H and O–H groups in total. The van der Waals surface area contributed by atoms with Crippen molar-refractivity contribution in [1.82, 2.24) is 4.90 Å². The highest BCUT2D eigenvalue weighted by Crippen LogP contribution is 2.23. The molecule has 6 heteroatoms. The number of nitrogens with zero attached hydrogens (tertiary/aromatic N) is 2. The molecule has 2 rings (SSSR count). The number of carbonyl (C=O) groups is 1. The van der Waals surface area contributed by atoms with E-state index in [-0.39, 0.29) is 16.5 Å². The Morgan fingerprint density at radius 3 is 2.65 bits per heavy atom. The Bertz CT molecular complexity index is 554. The van der Waals surface area contributed by atoms with Crippen molar-refractivity contribution in [3.8, 4) is 0 Å². The van der Waals surface area contributed by atoms with Crippen LogP contribution in [0, 0.1) is 10.1 Å². The first-order valence-corrected chi connectivity index (χ1v) is 8.27. The second-order valence-electron chi connectivity index (χ2n) is 5.82. The van der Waals surface area contributed by atoms with Crippen molar-refractivity contribution in [3.63, 3.8) is 0 Å². The monoisotopic (exact) mass is 320 g/mol. The lowest BCUT2D eigenvalue weighted by Gasteiger charge is -2.26. The number of hydrogen-bond acceptors (Lipinski definition) is 4. The van der Waals surface area contributed by atoms with Crippen molar-refractivity contribution in [2.45, 2.75) is 39.0 Å². The first-order valence-electron chi connectivity index (χ1n) is 8.27. The average Bonchev–Trinajstić information content (AvgIpc) is 2.59. The Morgan fingerprint density at radius 2 is 2.00 bits per heavy atom. The van der Waals surface area contributed by atoms with Crippen LogP contribution in [0.25, 0.3) is 0 Å². The molecular formula is C17H24N2O4. The van der Waals surface area contributed by atoms with Crippen LogP contribution in [0.5, 0.6) is 0 Å². The average molecular weight is 320 g/mol. The van der Waals surface area contributed by atoms with E-state index >= 15 is 0 Å². The topological polar surface area (TPSA) is 72.7 Å². The number of rotatable bonds is 7. The largest absolute Gasteiger partial charge is 0.378 e. The molecule has 1 aromatic carbocycles. The number of unbranched alkanes of at least 4 members (excludes halogenated alkanes) is 3. The fourth-order valence-electron chi connectivity index (χ4n) is 2.77. The lowest BCUT2D eigenvalue weighted by Crippen LogP contribution is -2.40. The summed E-state index contributed by atoms with van der Waals surface area (Å²) in [5.74, 6) is -0.158. The molecule has 23 heavy (non-hydrogen) atoms. The van der Waals surface area contributed by atoms with E-state index in [1.807, 2.05) is 0 Å². The van der Waals surface area contributed by atoms with Crippen LogP contribution in [0.1, 0.15) is 48.5 Å². The smallest absolute Gasteiger partial charge is 0.273 e. The van der Waals surface area contributed by atoms with Crippen LogP contribution >= 0.6 is 0 Å². The Morgan fingerprint density at radius 1 is 1.26 bits per heavy atom. The molecule has 1 aromatic rings. The molecule has 1 heterocycles. The van der Waals surface area contributed by atoms with E-state index in [2.05, 4.69) is 6.92 Å². The first-order chi connectivity index (χ1) is 11.1. The van der Waals surface area contributed by atoms with Gasteiger partial charge < -0.3 is 9.64 Å². The van der Waals surface area contributed by atoms with Gasteiger partial charge in [0.1, 0.15) is 0 Å². The highest BCUT2D eigenvalue weighted by molar-refractivity contribution is 5.95. The molecule has 0 radical (unpaired) electrons. The zero-order valence-corrected chi connectivity index (χ0v) is 13.6. The highest BCUT2D eigenvalue weighted by atomic mass is 16.6. The van der Waals surface area contributed by atoms with Gasteiger partial charge >= 0.3 is 0 Å². The number of benzene rings is 1. The quantitative estimate of drug-likeness (QED) is 0.439. The maximum atomic E-state index is 12.4. The first kappa shape index (κ1) is 17.4. The van der Waals surface area contributed by atoms with Gasteiger partial charge in [0.05, 0.1) is 18.1 Å². The molecule has 1 aliphatic heterocycles. The predicted molar refractivity (Wildman–Crippen MR) is 87.7 cm³/mol. The number of ether oxygens (including phenoxy) is 1. The fourth-order valence-corrected chi connectivity index (χ4v) is 2.77. The lowest BCUT2D eigenvalue weighted by atomic mass is 10.0. The van der Waals surface area contributed by atoms with Gasteiger partial charge in [0.25, 0.3) is 11.6 Å². The summed E-state index contributed by atoms with van der Waals surface area (Å²) < 4.78 is 5.23. The summed E-state index contributed by atoms with van der Waals surface area (Å²) in [4.78, 5) is 25.1. The van der Waals surface area contributed by atoms with E-state index in [1.165, 1.54) is 6.07 Å². The van der Waals surface area contributed by atoms with Gasteiger partial charge in [0.15, 0.2) is 0 Å². The molecule has 0 bridgehead atoms. The van der Waals surface area contributed by atoms with Gasteiger partial charge in [-0.2, -0.15) is 0 Å². The van der Waals surface area contributed by atoms with E-state index in [0.29, 0.717) is 43.9 Å². The third-order valence-electron chi connectivity index (χ3n) is 4.13. The molecule has 126 valence electrons. The molecular weight excluding hydrogens is 296 g/mol. The molecule has 0 saturated carbocycles. The number of amides is 1. The van der Waals surface area contributed by atoms with E-state index < -0.39 is 0 Å². The molecule has 1 fully saturated rings. The van der Waals surface area contributed by atoms with Crippen molar-refractivity contribution in [3.05, 3.63) is 39.4 Å². The molecule has 1 aliphatic rings. The minimum Gasteiger partial charge on any atom is -0.378 e. The van der Waals surface area contributed by atoms with Crippen molar-refractivity contribution < 1.29 is 14.5 Å². The van der Waals surface area contributed by atoms with Gasteiger partial charge in [-0.3, -0.25) is 14.9 Å². The molecule has 0 unspecified atom stereocenters. The zero-order valence-electron chi connectivity index (χ0n) is 13.6. The van der Waals surface area contributed by atoms with Crippen LogP contribution < -0.4 is 0 Å². The Labute approximate surface area is 136 Å². The summed E-state index contributed by atoms with van der Waals surface area (Å²) >= 11 is 0. The van der Waals surface area contributed by atoms with Crippen LogP contribution in [0.3, 0.4) is 0 Å². The van der Waals surface area contributed by atoms with Crippen LogP contribution in [-0.4, -0.2) is 42.0 Å². The van der Waals surface area contributed by atoms with E-state index in [0.717, 1.165) is 25.7 Å². The maximum Gasteiger partial charge on any atom is 0.273 e. The number of hydrogen-bond donors (Lipinski definition) is 0. The number of nitro benzene ring substituents is 1. The van der Waals surface area contributed by atoms with Gasteiger partial charge in [-0.15, -0.1) is 0 Å². The molecule has 1 amide bonds. The third kappa shape index (κ3) is 4.76. The second kappa shape index (κ2) is 8.62. The lowest BCUT2D eigenvalue weighted by molar-refractivity contribution is -0.385. The Kier molecular flexibility index (Phi) is 6.52. The summed E-state index contributed by atoms with van der Waals surface area (Å²) in [5, 5.41) is 11.3. The van der Waals surface area contributed by atoms with Gasteiger partial charge in [-0.05, 0) is 18.9 Å². The number of morpholine rings is 1. The van der Waals surface area contributed by atoms with Crippen LogP contribution in [0.15, 0.2) is 18.2 Å². The minimum absolute atomic E-state index is 0.0561. The standard InChI is InChI=1S/C17H24N2O4/c1-2-3-4-5-6-14-7-8-15(13-16(14)19(21)22)17(20)18-9-11-23-12-10-18/h7-8,13H,2-6,9-12H2,1H3. The number of nitro groups is 1. The predicted octanol–water partition coefficient (Wildman–Crippen LogP) is 3.19. The second-order valence-corrected chi connectivity index (χ2v) is 5.82. The fraction of sp³-hybridized carbons (Fsp3) is 0.588. The van der Waals surface area contributed by atoms with Gasteiger partial charge in [-0.1, -0.05) is 32.3 Å². The summed E-state index contributed by atoms with van der Waals surface area (Å²) in [7, 11) is 0. The molecule has 6 nitrogen and oxygen atoms in total. The highest BCUT2D eigenvalue weighted by Gasteiger charge is 2.22. The molecule has 0 spiro atoms. The summed E-state index contributed by atoms with van der Waals surface area (Å²) in [6, 6.07) is 4.87.